The van der Waals surface area contributed by atoms with Crippen molar-refractivity contribution in [1.29, 1.82) is 0 Å². The predicted molar refractivity (Wildman–Crippen MR) is 118 cm³/mol. The minimum atomic E-state index is -1.33. The molecule has 0 aromatic carbocycles. The molecule has 1 fully saturated rings. The van der Waals surface area contributed by atoms with Gasteiger partial charge in [-0.15, -0.1) is 0 Å². The van der Waals surface area contributed by atoms with E-state index < -0.39 is 54.0 Å². The van der Waals surface area contributed by atoms with Gasteiger partial charge in [0.2, 0.25) is 17.7 Å². The molecule has 0 aliphatic carbocycles. The van der Waals surface area contributed by atoms with E-state index in [-0.39, 0.29) is 12.5 Å². The van der Waals surface area contributed by atoms with Crippen LogP contribution < -0.4 is 22.1 Å². The summed E-state index contributed by atoms with van der Waals surface area (Å²) in [5.74, 6) is -3.16. The zero-order valence-corrected chi connectivity index (χ0v) is 19.3. The van der Waals surface area contributed by atoms with Gasteiger partial charge in [-0.3, -0.25) is 14.4 Å². The van der Waals surface area contributed by atoms with Gasteiger partial charge in [-0.2, -0.15) is 0 Å². The van der Waals surface area contributed by atoms with Crippen LogP contribution in [0.3, 0.4) is 0 Å². The number of rotatable bonds is 13. The highest BCUT2D eigenvalue weighted by Crippen LogP contribution is 2.19. The third-order valence-corrected chi connectivity index (χ3v) is 5.97. The Kier molecular flexibility index (Phi) is 11.6. The number of nitrogens with two attached hydrogens (primary N) is 2. The number of aliphatic carboxylic acids is 1. The van der Waals surface area contributed by atoms with Crippen molar-refractivity contribution in [2.75, 3.05) is 13.1 Å². The molecule has 11 heteroatoms. The molecule has 8 N–H and O–H groups in total. The average molecular weight is 458 g/mol. The summed E-state index contributed by atoms with van der Waals surface area (Å²) >= 11 is 0. The first-order valence-corrected chi connectivity index (χ1v) is 11.3. The third kappa shape index (κ3) is 7.72. The van der Waals surface area contributed by atoms with E-state index in [0.717, 1.165) is 6.42 Å². The summed E-state index contributed by atoms with van der Waals surface area (Å²) in [5, 5.41) is 24.7. The predicted octanol–water partition coefficient (Wildman–Crippen LogP) is -1.09. The van der Waals surface area contributed by atoms with Crippen molar-refractivity contribution in [2.24, 2.45) is 17.4 Å². The van der Waals surface area contributed by atoms with Gasteiger partial charge in [-0.25, -0.2) is 4.79 Å². The zero-order chi connectivity index (χ0) is 24.4. The van der Waals surface area contributed by atoms with Gasteiger partial charge in [0.1, 0.15) is 18.1 Å². The molecule has 0 aromatic rings. The molecular formula is C21H39N5O6. The van der Waals surface area contributed by atoms with Gasteiger partial charge in [0.05, 0.1) is 12.1 Å². The van der Waals surface area contributed by atoms with E-state index in [0.29, 0.717) is 38.6 Å². The number of aliphatic hydroxyl groups is 1. The van der Waals surface area contributed by atoms with Crippen LogP contribution in [-0.4, -0.2) is 82.2 Å². The molecular weight excluding hydrogens is 418 g/mol. The van der Waals surface area contributed by atoms with Crippen LogP contribution in [0.1, 0.15) is 59.3 Å². The Labute approximate surface area is 189 Å². The second-order valence-corrected chi connectivity index (χ2v) is 8.52. The molecule has 6 atom stereocenters. The van der Waals surface area contributed by atoms with Crippen molar-refractivity contribution in [1.82, 2.24) is 15.5 Å². The Morgan fingerprint density at radius 2 is 1.72 bits per heavy atom. The molecule has 11 nitrogen and oxygen atoms in total. The Morgan fingerprint density at radius 1 is 1.09 bits per heavy atom. The lowest BCUT2D eigenvalue weighted by Crippen LogP contribution is -2.61. The van der Waals surface area contributed by atoms with Gasteiger partial charge in [0.15, 0.2) is 0 Å². The minimum absolute atomic E-state index is 0.234. The molecule has 0 bridgehead atoms. The molecule has 0 spiro atoms. The largest absolute Gasteiger partial charge is 0.480 e. The maximum Gasteiger partial charge on any atom is 0.326 e. The van der Waals surface area contributed by atoms with Gasteiger partial charge in [0, 0.05) is 6.54 Å². The van der Waals surface area contributed by atoms with E-state index >= 15 is 0 Å². The smallest absolute Gasteiger partial charge is 0.326 e. The first-order chi connectivity index (χ1) is 15.0. The SMILES string of the molecule is CCC(C)C(NC(=O)C(N)CCCCN)C(=O)NC(C(=O)N1CCCC1C(=O)O)C(C)O. The number of carbonyl (C=O) groups is 4. The molecule has 1 aliphatic rings. The monoisotopic (exact) mass is 457 g/mol. The number of nitrogens with one attached hydrogen (secondary N) is 2. The standard InChI is InChI=1S/C21H39N5O6/c1-4-12(2)16(24-18(28)14(23)8-5-6-10-22)19(29)25-17(13(3)27)20(30)26-11-7-9-15(26)21(31)32/h12-17,27H,4-11,22-23H2,1-3H3,(H,24,28)(H,25,29)(H,31,32). The molecule has 1 saturated heterocycles. The van der Waals surface area contributed by atoms with Gasteiger partial charge in [0.25, 0.3) is 0 Å². The number of hydrogen-bond acceptors (Lipinski definition) is 7. The zero-order valence-electron chi connectivity index (χ0n) is 19.3. The first-order valence-electron chi connectivity index (χ1n) is 11.3. The number of likely N-dealkylation sites (tertiary alicyclic amines) is 1. The topological polar surface area (TPSA) is 188 Å². The highest BCUT2D eigenvalue weighted by Gasteiger charge is 2.40. The van der Waals surface area contributed by atoms with E-state index in [2.05, 4.69) is 10.6 Å². The van der Waals surface area contributed by atoms with E-state index in [4.69, 9.17) is 11.5 Å². The second-order valence-electron chi connectivity index (χ2n) is 8.52. The Bertz CT molecular complexity index is 659. The van der Waals surface area contributed by atoms with Crippen LogP contribution >= 0.6 is 0 Å². The van der Waals surface area contributed by atoms with Crippen LogP contribution in [0.15, 0.2) is 0 Å². The molecule has 6 unspecified atom stereocenters. The maximum atomic E-state index is 13.0. The lowest BCUT2D eigenvalue weighted by molar-refractivity contribution is -0.151. The number of carboxylic acids is 1. The molecule has 0 aromatic heterocycles. The van der Waals surface area contributed by atoms with Crippen molar-refractivity contribution in [2.45, 2.75) is 89.6 Å². The molecule has 32 heavy (non-hydrogen) atoms. The van der Waals surface area contributed by atoms with Crippen molar-refractivity contribution in [3.8, 4) is 0 Å². The third-order valence-electron chi connectivity index (χ3n) is 5.97. The van der Waals surface area contributed by atoms with Crippen LogP contribution in [0, 0.1) is 5.92 Å². The molecule has 3 amide bonds. The van der Waals surface area contributed by atoms with Crippen LogP contribution in [-0.2, 0) is 19.2 Å². The summed E-state index contributed by atoms with van der Waals surface area (Å²) in [4.78, 5) is 51.1. The number of carbonyl (C=O) groups excluding carboxylic acids is 3. The van der Waals surface area contributed by atoms with Gasteiger partial charge >= 0.3 is 5.97 Å². The average Bonchev–Trinajstić information content (AvgIpc) is 3.24. The van der Waals surface area contributed by atoms with E-state index in [9.17, 15) is 29.4 Å². The first kappa shape index (κ1) is 27.8. The number of unbranched alkanes of at least 4 members (excludes halogenated alkanes) is 1. The van der Waals surface area contributed by atoms with Crippen molar-refractivity contribution >= 4 is 23.7 Å². The fourth-order valence-electron chi connectivity index (χ4n) is 3.70. The number of hydrogen-bond donors (Lipinski definition) is 6. The Morgan fingerprint density at radius 3 is 2.25 bits per heavy atom. The molecule has 1 rings (SSSR count). The molecule has 0 saturated carbocycles. The van der Waals surface area contributed by atoms with Crippen LogP contribution in [0.2, 0.25) is 0 Å². The van der Waals surface area contributed by atoms with E-state index in [1.807, 2.05) is 6.92 Å². The highest BCUT2D eigenvalue weighted by atomic mass is 16.4. The lowest BCUT2D eigenvalue weighted by Gasteiger charge is -2.31. The van der Waals surface area contributed by atoms with E-state index in [1.165, 1.54) is 11.8 Å². The molecule has 1 heterocycles. The summed E-state index contributed by atoms with van der Waals surface area (Å²) in [5.41, 5.74) is 11.4. The number of aliphatic hydroxyl groups excluding tert-OH is 1. The van der Waals surface area contributed by atoms with Gasteiger partial charge in [-0.1, -0.05) is 26.7 Å². The van der Waals surface area contributed by atoms with Crippen molar-refractivity contribution in [3.63, 3.8) is 0 Å². The molecule has 184 valence electrons. The van der Waals surface area contributed by atoms with Crippen LogP contribution in [0.5, 0.6) is 0 Å². The van der Waals surface area contributed by atoms with E-state index in [1.54, 1.807) is 6.92 Å². The fourth-order valence-corrected chi connectivity index (χ4v) is 3.70. The highest BCUT2D eigenvalue weighted by molar-refractivity contribution is 5.94. The number of amides is 3. The Hall–Kier alpha value is -2.24. The Balaban J connectivity index is 2.92. The second kappa shape index (κ2) is 13.3. The van der Waals surface area contributed by atoms with Crippen LogP contribution in [0.25, 0.3) is 0 Å². The molecule has 0 radical (unpaired) electrons. The normalized spacial score (nSPS) is 20.7. The van der Waals surface area contributed by atoms with Gasteiger partial charge in [-0.05, 0) is 45.1 Å². The number of carboxylic acid groups (broad SMARTS) is 1. The van der Waals surface area contributed by atoms with Gasteiger partial charge < -0.3 is 37.2 Å². The van der Waals surface area contributed by atoms with Crippen molar-refractivity contribution in [3.05, 3.63) is 0 Å². The lowest BCUT2D eigenvalue weighted by atomic mass is 9.96. The summed E-state index contributed by atoms with van der Waals surface area (Å²) < 4.78 is 0. The molecule has 1 aliphatic heterocycles. The van der Waals surface area contributed by atoms with Crippen molar-refractivity contribution < 1.29 is 29.4 Å². The summed E-state index contributed by atoms with van der Waals surface area (Å²) in [7, 11) is 0. The summed E-state index contributed by atoms with van der Waals surface area (Å²) in [6, 6.07) is -4.08. The fraction of sp³-hybridized carbons (Fsp3) is 0.810. The summed E-state index contributed by atoms with van der Waals surface area (Å²) in [6.45, 7) is 5.72. The maximum absolute atomic E-state index is 13.0. The number of nitrogens with zero attached hydrogens (tertiary/aromatic N) is 1. The quantitative estimate of drug-likeness (QED) is 0.188. The summed E-state index contributed by atoms with van der Waals surface area (Å²) in [6.07, 6.45) is 2.01. The minimum Gasteiger partial charge on any atom is -0.480 e. The van der Waals surface area contributed by atoms with Crippen LogP contribution in [0.4, 0.5) is 0 Å².